The maximum absolute atomic E-state index is 12.9. The third-order valence-electron chi connectivity index (χ3n) is 5.04. The molecule has 8 nitrogen and oxygen atoms in total. The molecule has 2 heterocycles. The molecule has 1 amide bonds. The first kappa shape index (κ1) is 21.1. The molecule has 4 rings (SSSR count). The zero-order valence-corrected chi connectivity index (χ0v) is 17.4. The van der Waals surface area contributed by atoms with Crippen LogP contribution in [-0.2, 0) is 16.6 Å². The standard InChI is InChI=1S/C21H21FN4O4S/c22-17-8-4-15(5-9-17)14-23-19(27)21-25-24-20(30-21)16-6-10-18(11-7-16)31(28,29)26-12-2-1-3-13-26/h4-11H,1-3,12-14H2,(H,23,27). The second-order valence-electron chi connectivity index (χ2n) is 7.21. The van der Waals surface area contributed by atoms with Gasteiger partial charge in [0.05, 0.1) is 4.90 Å². The average molecular weight is 444 g/mol. The van der Waals surface area contributed by atoms with Gasteiger partial charge < -0.3 is 9.73 Å². The van der Waals surface area contributed by atoms with Gasteiger partial charge in [-0.3, -0.25) is 4.79 Å². The number of sulfonamides is 1. The molecule has 162 valence electrons. The molecular formula is C21H21FN4O4S. The highest BCUT2D eigenvalue weighted by molar-refractivity contribution is 7.89. The molecule has 0 unspecified atom stereocenters. The number of carbonyl (C=O) groups excluding carboxylic acids is 1. The Morgan fingerprint density at radius 2 is 1.68 bits per heavy atom. The lowest BCUT2D eigenvalue weighted by molar-refractivity contribution is 0.0917. The average Bonchev–Trinajstić information content (AvgIpc) is 3.30. The van der Waals surface area contributed by atoms with Gasteiger partial charge in [0, 0.05) is 25.2 Å². The topological polar surface area (TPSA) is 105 Å². The van der Waals surface area contributed by atoms with Gasteiger partial charge in [0.15, 0.2) is 0 Å². The summed E-state index contributed by atoms with van der Waals surface area (Å²) in [5, 5.41) is 10.2. The van der Waals surface area contributed by atoms with E-state index in [0.29, 0.717) is 18.7 Å². The number of amides is 1. The van der Waals surface area contributed by atoms with Gasteiger partial charge in [-0.2, -0.15) is 4.31 Å². The zero-order valence-electron chi connectivity index (χ0n) is 16.6. The molecule has 3 aromatic rings. The fraction of sp³-hybridized carbons (Fsp3) is 0.286. The summed E-state index contributed by atoms with van der Waals surface area (Å²) in [5.74, 6) is -1.03. The minimum atomic E-state index is -3.53. The summed E-state index contributed by atoms with van der Waals surface area (Å²) in [4.78, 5) is 12.4. The first-order valence-corrected chi connectivity index (χ1v) is 11.3. The van der Waals surface area contributed by atoms with Gasteiger partial charge in [-0.25, -0.2) is 12.8 Å². The van der Waals surface area contributed by atoms with Gasteiger partial charge in [0.2, 0.25) is 15.9 Å². The third-order valence-corrected chi connectivity index (χ3v) is 6.95. The van der Waals surface area contributed by atoms with Gasteiger partial charge in [-0.1, -0.05) is 18.6 Å². The predicted molar refractivity (Wildman–Crippen MR) is 110 cm³/mol. The van der Waals surface area contributed by atoms with Crippen molar-refractivity contribution in [3.8, 4) is 11.5 Å². The van der Waals surface area contributed by atoms with Gasteiger partial charge in [0.25, 0.3) is 0 Å². The summed E-state index contributed by atoms with van der Waals surface area (Å²) < 4.78 is 45.3. The Morgan fingerprint density at radius 1 is 1.00 bits per heavy atom. The highest BCUT2D eigenvalue weighted by Gasteiger charge is 2.26. The minimum absolute atomic E-state index is 0.105. The maximum Gasteiger partial charge on any atom is 0.309 e. The second kappa shape index (κ2) is 8.94. The van der Waals surface area contributed by atoms with Crippen molar-refractivity contribution in [3.63, 3.8) is 0 Å². The third kappa shape index (κ3) is 4.80. The number of benzene rings is 2. The molecule has 0 bridgehead atoms. The van der Waals surface area contributed by atoms with Crippen LogP contribution < -0.4 is 5.32 Å². The van der Waals surface area contributed by atoms with E-state index < -0.39 is 15.9 Å². The largest absolute Gasteiger partial charge is 0.412 e. The first-order valence-electron chi connectivity index (χ1n) is 9.90. The Morgan fingerprint density at radius 3 is 2.35 bits per heavy atom. The molecule has 1 aliphatic rings. The van der Waals surface area contributed by atoms with Crippen LogP contribution in [0.5, 0.6) is 0 Å². The molecule has 31 heavy (non-hydrogen) atoms. The van der Waals surface area contributed by atoms with Gasteiger partial charge in [0.1, 0.15) is 5.82 Å². The van der Waals surface area contributed by atoms with Crippen molar-refractivity contribution in [1.82, 2.24) is 19.8 Å². The normalized spacial score (nSPS) is 15.0. The molecule has 1 aliphatic heterocycles. The summed E-state index contributed by atoms with van der Waals surface area (Å²) in [6, 6.07) is 11.9. The molecule has 2 aromatic carbocycles. The van der Waals surface area contributed by atoms with Crippen molar-refractivity contribution in [1.29, 1.82) is 0 Å². The van der Waals surface area contributed by atoms with E-state index >= 15 is 0 Å². The Bertz CT molecular complexity index is 1150. The molecule has 0 spiro atoms. The number of nitrogens with zero attached hydrogens (tertiary/aromatic N) is 3. The van der Waals surface area contributed by atoms with Crippen LogP contribution in [-0.4, -0.2) is 41.9 Å². The van der Waals surface area contributed by atoms with Crippen molar-refractivity contribution >= 4 is 15.9 Å². The molecule has 1 aromatic heterocycles. The summed E-state index contributed by atoms with van der Waals surface area (Å²) >= 11 is 0. The zero-order chi connectivity index (χ0) is 21.8. The number of rotatable bonds is 6. The van der Waals surface area contributed by atoms with Crippen LogP contribution in [0.4, 0.5) is 4.39 Å². The highest BCUT2D eigenvalue weighted by atomic mass is 32.2. The van der Waals surface area contributed by atoms with E-state index in [0.717, 1.165) is 24.8 Å². The Kier molecular flexibility index (Phi) is 6.10. The van der Waals surface area contributed by atoms with E-state index in [9.17, 15) is 17.6 Å². The van der Waals surface area contributed by atoms with E-state index in [1.807, 2.05) is 0 Å². The van der Waals surface area contributed by atoms with Crippen molar-refractivity contribution < 1.29 is 22.0 Å². The van der Waals surface area contributed by atoms with Crippen LogP contribution >= 0.6 is 0 Å². The molecule has 0 radical (unpaired) electrons. The number of halogens is 1. The molecule has 10 heteroatoms. The Hall–Kier alpha value is -3.11. The van der Waals surface area contributed by atoms with E-state index in [4.69, 9.17) is 4.42 Å². The molecule has 0 aliphatic carbocycles. The second-order valence-corrected chi connectivity index (χ2v) is 9.15. The first-order chi connectivity index (χ1) is 14.9. The van der Waals surface area contributed by atoms with E-state index in [2.05, 4.69) is 15.5 Å². The number of piperidine rings is 1. The Balaban J connectivity index is 1.42. The van der Waals surface area contributed by atoms with Crippen LogP contribution in [0.15, 0.2) is 57.8 Å². The lowest BCUT2D eigenvalue weighted by atomic mass is 10.2. The number of hydrogen-bond donors (Lipinski definition) is 1. The number of carbonyl (C=O) groups is 1. The van der Waals surface area contributed by atoms with E-state index in [1.165, 1.54) is 28.6 Å². The molecule has 1 fully saturated rings. The molecule has 1 N–H and O–H groups in total. The predicted octanol–water partition coefficient (Wildman–Crippen LogP) is 2.98. The number of nitrogens with one attached hydrogen (secondary N) is 1. The Labute approximate surface area is 179 Å². The van der Waals surface area contributed by atoms with Crippen LogP contribution in [0.25, 0.3) is 11.5 Å². The molecule has 1 saturated heterocycles. The smallest absolute Gasteiger partial charge is 0.309 e. The lowest BCUT2D eigenvalue weighted by Crippen LogP contribution is -2.35. The van der Waals surface area contributed by atoms with Crippen LogP contribution in [0, 0.1) is 5.82 Å². The van der Waals surface area contributed by atoms with Crippen molar-refractivity contribution in [2.45, 2.75) is 30.7 Å². The number of aromatic nitrogens is 2. The maximum atomic E-state index is 12.9. The van der Waals surface area contributed by atoms with Crippen LogP contribution in [0.3, 0.4) is 0 Å². The SMILES string of the molecule is O=C(NCc1ccc(F)cc1)c1nnc(-c2ccc(S(=O)(=O)N3CCCCC3)cc2)o1. The van der Waals surface area contributed by atoms with Crippen LogP contribution in [0.2, 0.25) is 0 Å². The summed E-state index contributed by atoms with van der Waals surface area (Å²) in [6.45, 7) is 1.24. The van der Waals surface area contributed by atoms with E-state index in [1.54, 1.807) is 24.3 Å². The van der Waals surface area contributed by atoms with E-state index in [-0.39, 0.29) is 29.0 Å². The number of hydrogen-bond acceptors (Lipinski definition) is 6. The summed E-state index contributed by atoms with van der Waals surface area (Å²) in [7, 11) is -3.53. The van der Waals surface area contributed by atoms with Crippen molar-refractivity contribution in [3.05, 3.63) is 65.8 Å². The highest BCUT2D eigenvalue weighted by Crippen LogP contribution is 2.24. The monoisotopic (exact) mass is 444 g/mol. The van der Waals surface area contributed by atoms with Gasteiger partial charge in [-0.15, -0.1) is 10.2 Å². The molecular weight excluding hydrogens is 423 g/mol. The molecule has 0 atom stereocenters. The summed E-state index contributed by atoms with van der Waals surface area (Å²) in [6.07, 6.45) is 2.78. The quantitative estimate of drug-likeness (QED) is 0.627. The van der Waals surface area contributed by atoms with Gasteiger partial charge in [-0.05, 0) is 54.8 Å². The van der Waals surface area contributed by atoms with Crippen LogP contribution in [0.1, 0.15) is 35.5 Å². The fourth-order valence-electron chi connectivity index (χ4n) is 3.32. The summed E-state index contributed by atoms with van der Waals surface area (Å²) in [5.41, 5.74) is 1.22. The molecule has 0 saturated carbocycles. The lowest BCUT2D eigenvalue weighted by Gasteiger charge is -2.25. The minimum Gasteiger partial charge on any atom is -0.412 e. The fourth-order valence-corrected chi connectivity index (χ4v) is 4.83. The van der Waals surface area contributed by atoms with Crippen molar-refractivity contribution in [2.24, 2.45) is 0 Å². The van der Waals surface area contributed by atoms with Gasteiger partial charge >= 0.3 is 11.8 Å². The van der Waals surface area contributed by atoms with Crippen molar-refractivity contribution in [2.75, 3.05) is 13.1 Å².